The minimum atomic E-state index is -0.548. The number of hydrogen-bond donors (Lipinski definition) is 2. The molecule has 6 heteroatoms. The maximum atomic E-state index is 11.4. The van der Waals surface area contributed by atoms with Gasteiger partial charge in [0.2, 0.25) is 0 Å². The third-order valence-electron chi connectivity index (χ3n) is 1.77. The lowest BCUT2D eigenvalue weighted by molar-refractivity contribution is 0.0523. The van der Waals surface area contributed by atoms with Crippen LogP contribution in [0.15, 0.2) is 21.5 Å². The largest absolute Gasteiger partial charge is 0.444 e. The number of rotatable bonds is 2. The van der Waals surface area contributed by atoms with Crippen LogP contribution in [-0.2, 0) is 11.3 Å². The first kappa shape index (κ1) is 13.8. The number of alkyl carbamates (subject to hydrolysis) is 1. The lowest BCUT2D eigenvalue weighted by Crippen LogP contribution is -2.33. The van der Waals surface area contributed by atoms with Crippen LogP contribution in [0.1, 0.15) is 26.3 Å². The van der Waals surface area contributed by atoms with E-state index in [2.05, 4.69) is 26.2 Å². The second kappa shape index (κ2) is 5.35. The second-order valence-electron chi connectivity index (χ2n) is 4.53. The molecule has 0 aromatic carbocycles. The molecule has 1 heterocycles. The third kappa shape index (κ3) is 5.04. The Morgan fingerprint density at radius 2 is 2.18 bits per heavy atom. The van der Waals surface area contributed by atoms with E-state index in [0.29, 0.717) is 5.56 Å². The van der Waals surface area contributed by atoms with Crippen molar-refractivity contribution in [3.05, 3.63) is 32.7 Å². The molecule has 1 rings (SSSR count). The highest BCUT2D eigenvalue weighted by Gasteiger charge is 2.16. The zero-order chi connectivity index (χ0) is 13.1. The number of carbonyl (C=O) groups excluding carboxylic acids is 1. The fourth-order valence-electron chi connectivity index (χ4n) is 1.11. The molecule has 94 valence electrons. The van der Waals surface area contributed by atoms with Crippen molar-refractivity contribution >= 4 is 22.0 Å². The number of hydrogen-bond acceptors (Lipinski definition) is 3. The van der Waals surface area contributed by atoms with Crippen LogP contribution >= 0.6 is 15.9 Å². The number of aromatic amines is 1. The summed E-state index contributed by atoms with van der Waals surface area (Å²) >= 11 is 3.24. The second-order valence-corrected chi connectivity index (χ2v) is 5.44. The summed E-state index contributed by atoms with van der Waals surface area (Å²) in [5, 5.41) is 2.52. The summed E-state index contributed by atoms with van der Waals surface area (Å²) in [6.07, 6.45) is 0.996. The van der Waals surface area contributed by atoms with E-state index in [4.69, 9.17) is 4.74 Å². The van der Waals surface area contributed by atoms with Crippen LogP contribution in [0.5, 0.6) is 0 Å². The van der Waals surface area contributed by atoms with E-state index in [1.807, 2.05) is 0 Å². The number of nitrogens with one attached hydrogen (secondary N) is 2. The zero-order valence-corrected chi connectivity index (χ0v) is 11.6. The molecule has 1 aromatic rings. The number of ether oxygens (including phenoxy) is 1. The molecule has 0 unspecified atom stereocenters. The molecular weight excluding hydrogens is 288 g/mol. The Hall–Kier alpha value is -1.30. The van der Waals surface area contributed by atoms with E-state index in [-0.39, 0.29) is 12.1 Å². The average Bonchev–Trinajstić information content (AvgIpc) is 2.17. The topological polar surface area (TPSA) is 71.2 Å². The molecule has 5 nitrogen and oxygen atoms in total. The van der Waals surface area contributed by atoms with E-state index in [9.17, 15) is 9.59 Å². The summed E-state index contributed by atoms with van der Waals surface area (Å²) in [5.41, 5.74) is -0.317. The smallest absolute Gasteiger partial charge is 0.407 e. The minimum absolute atomic E-state index is 0.129. The van der Waals surface area contributed by atoms with Crippen molar-refractivity contribution < 1.29 is 9.53 Å². The van der Waals surface area contributed by atoms with Gasteiger partial charge in [-0.2, -0.15) is 0 Å². The Bertz CT molecular complexity index is 463. The first-order valence-corrected chi connectivity index (χ1v) is 5.91. The molecule has 1 aromatic heterocycles. The molecule has 0 saturated carbocycles. The first-order valence-electron chi connectivity index (χ1n) is 5.12. The van der Waals surface area contributed by atoms with Crippen molar-refractivity contribution in [3.63, 3.8) is 0 Å². The van der Waals surface area contributed by atoms with Gasteiger partial charge >= 0.3 is 6.09 Å². The maximum Gasteiger partial charge on any atom is 0.407 e. The lowest BCUT2D eigenvalue weighted by Gasteiger charge is -2.19. The Morgan fingerprint density at radius 3 is 2.76 bits per heavy atom. The van der Waals surface area contributed by atoms with Crippen LogP contribution in [0.4, 0.5) is 4.79 Å². The molecule has 0 bridgehead atoms. The van der Waals surface area contributed by atoms with Crippen LogP contribution in [-0.4, -0.2) is 16.7 Å². The highest BCUT2D eigenvalue weighted by molar-refractivity contribution is 9.10. The Morgan fingerprint density at radius 1 is 1.53 bits per heavy atom. The van der Waals surface area contributed by atoms with Gasteiger partial charge in [-0.05, 0) is 42.8 Å². The summed E-state index contributed by atoms with van der Waals surface area (Å²) < 4.78 is 5.80. The normalized spacial score (nSPS) is 11.1. The van der Waals surface area contributed by atoms with Gasteiger partial charge in [-0.1, -0.05) is 0 Å². The number of pyridine rings is 1. The van der Waals surface area contributed by atoms with Gasteiger partial charge in [-0.25, -0.2) is 4.79 Å². The van der Waals surface area contributed by atoms with E-state index in [1.54, 1.807) is 33.0 Å². The number of halogens is 1. The fraction of sp³-hybridized carbons (Fsp3) is 0.455. The van der Waals surface area contributed by atoms with Crippen LogP contribution in [0.2, 0.25) is 0 Å². The number of aromatic nitrogens is 1. The molecule has 0 aliphatic carbocycles. The van der Waals surface area contributed by atoms with Crippen molar-refractivity contribution in [1.29, 1.82) is 0 Å². The third-order valence-corrected chi connectivity index (χ3v) is 2.22. The van der Waals surface area contributed by atoms with Crippen LogP contribution < -0.4 is 10.9 Å². The molecule has 0 spiro atoms. The molecule has 0 aliphatic rings. The predicted octanol–water partition coefficient (Wildman–Crippen LogP) is 2.16. The SMILES string of the molecule is CC(C)(C)OC(=O)NCc1cc(Br)c[nH]c1=O. The first-order chi connectivity index (χ1) is 7.78. The standard InChI is InChI=1S/C11H15BrN2O3/c1-11(2,3)17-10(16)14-5-7-4-8(12)6-13-9(7)15/h4,6H,5H2,1-3H3,(H,13,15)(H,14,16). The van der Waals surface area contributed by atoms with Gasteiger partial charge in [0.15, 0.2) is 0 Å². The molecule has 17 heavy (non-hydrogen) atoms. The van der Waals surface area contributed by atoms with Gasteiger partial charge < -0.3 is 15.0 Å². The van der Waals surface area contributed by atoms with Gasteiger partial charge in [0.1, 0.15) is 5.60 Å². The van der Waals surface area contributed by atoms with Gasteiger partial charge in [0.05, 0.1) is 6.54 Å². The molecule has 0 radical (unpaired) electrons. The molecule has 0 aliphatic heterocycles. The Labute approximate surface area is 108 Å². The molecule has 2 N–H and O–H groups in total. The monoisotopic (exact) mass is 302 g/mol. The predicted molar refractivity (Wildman–Crippen MR) is 67.8 cm³/mol. The Kier molecular flexibility index (Phi) is 4.34. The van der Waals surface area contributed by atoms with Crippen molar-refractivity contribution in [2.75, 3.05) is 0 Å². The molecule has 0 saturated heterocycles. The van der Waals surface area contributed by atoms with Crippen molar-refractivity contribution in [3.8, 4) is 0 Å². The number of H-pyrrole nitrogens is 1. The minimum Gasteiger partial charge on any atom is -0.444 e. The number of amides is 1. The fourth-order valence-corrected chi connectivity index (χ4v) is 1.50. The molecule has 0 atom stereocenters. The van der Waals surface area contributed by atoms with E-state index >= 15 is 0 Å². The van der Waals surface area contributed by atoms with Gasteiger partial charge in [0.25, 0.3) is 5.56 Å². The maximum absolute atomic E-state index is 11.4. The summed E-state index contributed by atoms with van der Waals surface area (Å²) in [6.45, 7) is 5.46. The van der Waals surface area contributed by atoms with Crippen LogP contribution in [0.25, 0.3) is 0 Å². The van der Waals surface area contributed by atoms with E-state index in [1.165, 1.54) is 0 Å². The highest BCUT2D eigenvalue weighted by Crippen LogP contribution is 2.08. The Balaban J connectivity index is 2.59. The van der Waals surface area contributed by atoms with Gasteiger partial charge in [0, 0.05) is 16.2 Å². The van der Waals surface area contributed by atoms with Crippen LogP contribution in [0, 0.1) is 0 Å². The molecule has 0 fully saturated rings. The summed E-state index contributed by atoms with van der Waals surface area (Å²) in [7, 11) is 0. The van der Waals surface area contributed by atoms with Crippen LogP contribution in [0.3, 0.4) is 0 Å². The van der Waals surface area contributed by atoms with Crippen molar-refractivity contribution in [2.24, 2.45) is 0 Å². The van der Waals surface area contributed by atoms with Crippen molar-refractivity contribution in [2.45, 2.75) is 32.9 Å². The highest BCUT2D eigenvalue weighted by atomic mass is 79.9. The quantitative estimate of drug-likeness (QED) is 0.879. The van der Waals surface area contributed by atoms with Crippen molar-refractivity contribution in [1.82, 2.24) is 10.3 Å². The molecule has 1 amide bonds. The summed E-state index contributed by atoms with van der Waals surface area (Å²) in [6, 6.07) is 1.65. The average molecular weight is 303 g/mol. The van der Waals surface area contributed by atoms with Gasteiger partial charge in [-0.3, -0.25) is 4.79 Å². The molecular formula is C11H15BrN2O3. The summed E-state index contributed by atoms with van der Waals surface area (Å²) in [4.78, 5) is 25.3. The van der Waals surface area contributed by atoms with Gasteiger partial charge in [-0.15, -0.1) is 0 Å². The lowest BCUT2D eigenvalue weighted by atomic mass is 10.2. The van der Waals surface area contributed by atoms with E-state index in [0.717, 1.165) is 4.47 Å². The number of carbonyl (C=O) groups is 1. The summed E-state index contributed by atoms with van der Waals surface area (Å²) in [5.74, 6) is 0. The zero-order valence-electron chi connectivity index (χ0n) is 9.96. The van der Waals surface area contributed by atoms with E-state index < -0.39 is 11.7 Å².